The van der Waals surface area contributed by atoms with Crippen molar-refractivity contribution in [1.29, 1.82) is 0 Å². The number of likely N-dealkylation sites (tertiary alicyclic amines) is 1. The lowest BCUT2D eigenvalue weighted by molar-refractivity contribution is -0.141. The highest BCUT2D eigenvalue weighted by molar-refractivity contribution is 5.95. The van der Waals surface area contributed by atoms with Crippen molar-refractivity contribution in [3.05, 3.63) is 71.3 Å². The van der Waals surface area contributed by atoms with Crippen LogP contribution in [0.2, 0.25) is 0 Å². The van der Waals surface area contributed by atoms with E-state index in [2.05, 4.69) is 0 Å². The van der Waals surface area contributed by atoms with Crippen LogP contribution >= 0.6 is 0 Å². The van der Waals surface area contributed by atoms with Crippen LogP contribution < -0.4 is 0 Å². The second-order valence-corrected chi connectivity index (χ2v) is 8.18. The smallest absolute Gasteiger partial charge is 0.308 e. The van der Waals surface area contributed by atoms with Gasteiger partial charge in [0.2, 0.25) is 0 Å². The normalized spacial score (nSPS) is 19.6. The standard InChI is InChI=1S/C23H27NO4/c1-23(2,28)12-11-16-7-6-10-18(13-16)21(25)24-14-19(20(15-24)22(26)27)17-8-4-3-5-9-17/h3-10,13,19-20,28H,11-12,14-15H2,1-2H3,(H,26,27)/t19-,20+/m1/s1. The van der Waals surface area contributed by atoms with Crippen LogP contribution in [-0.4, -0.2) is 45.7 Å². The van der Waals surface area contributed by atoms with Crippen molar-refractivity contribution in [1.82, 2.24) is 4.90 Å². The third-order valence-corrected chi connectivity index (χ3v) is 5.35. The second kappa shape index (κ2) is 8.15. The number of nitrogens with zero attached hydrogens (tertiary/aromatic N) is 1. The van der Waals surface area contributed by atoms with Crippen molar-refractivity contribution in [2.75, 3.05) is 13.1 Å². The zero-order chi connectivity index (χ0) is 20.3. The number of carboxylic acids is 1. The molecular weight excluding hydrogens is 354 g/mol. The molecule has 3 rings (SSSR count). The number of benzene rings is 2. The molecule has 0 aliphatic carbocycles. The van der Waals surface area contributed by atoms with E-state index in [4.69, 9.17) is 0 Å². The predicted octanol–water partition coefficient (Wildman–Crippen LogP) is 3.33. The lowest BCUT2D eigenvalue weighted by atomic mass is 9.89. The van der Waals surface area contributed by atoms with E-state index in [-0.39, 0.29) is 18.4 Å². The molecule has 148 valence electrons. The van der Waals surface area contributed by atoms with Gasteiger partial charge >= 0.3 is 5.97 Å². The molecule has 1 aliphatic heterocycles. The Labute approximate surface area is 165 Å². The van der Waals surface area contributed by atoms with Crippen molar-refractivity contribution in [3.63, 3.8) is 0 Å². The van der Waals surface area contributed by atoms with E-state index in [9.17, 15) is 19.8 Å². The maximum atomic E-state index is 13.0. The van der Waals surface area contributed by atoms with Crippen molar-refractivity contribution in [2.24, 2.45) is 5.92 Å². The largest absolute Gasteiger partial charge is 0.481 e. The molecule has 2 N–H and O–H groups in total. The molecule has 1 fully saturated rings. The Balaban J connectivity index is 1.76. The first kappa shape index (κ1) is 20.1. The summed E-state index contributed by atoms with van der Waals surface area (Å²) >= 11 is 0. The number of carbonyl (C=O) groups is 2. The summed E-state index contributed by atoms with van der Waals surface area (Å²) in [6.07, 6.45) is 1.28. The molecule has 2 aromatic carbocycles. The van der Waals surface area contributed by atoms with Crippen molar-refractivity contribution < 1.29 is 19.8 Å². The quantitative estimate of drug-likeness (QED) is 0.805. The van der Waals surface area contributed by atoms with Crippen LogP contribution in [0.25, 0.3) is 0 Å². The Morgan fingerprint density at radius 3 is 2.43 bits per heavy atom. The van der Waals surface area contributed by atoms with Gasteiger partial charge in [-0.25, -0.2) is 0 Å². The Morgan fingerprint density at radius 2 is 1.79 bits per heavy atom. The molecule has 1 aliphatic rings. The molecule has 0 bridgehead atoms. The number of amides is 1. The summed E-state index contributed by atoms with van der Waals surface area (Å²) in [6, 6.07) is 16.9. The molecular formula is C23H27NO4. The summed E-state index contributed by atoms with van der Waals surface area (Å²) in [5.74, 6) is -1.83. The third-order valence-electron chi connectivity index (χ3n) is 5.35. The Hall–Kier alpha value is -2.66. The molecule has 2 atom stereocenters. The Kier molecular flexibility index (Phi) is 5.84. The van der Waals surface area contributed by atoms with Gasteiger partial charge in [-0.15, -0.1) is 0 Å². The van der Waals surface area contributed by atoms with Gasteiger partial charge in [0, 0.05) is 24.6 Å². The Morgan fingerprint density at radius 1 is 1.07 bits per heavy atom. The fraction of sp³-hybridized carbons (Fsp3) is 0.391. The number of aliphatic hydroxyl groups is 1. The molecule has 2 aromatic rings. The van der Waals surface area contributed by atoms with Gasteiger partial charge in [-0.3, -0.25) is 9.59 Å². The minimum atomic E-state index is -0.872. The molecule has 5 heteroatoms. The first-order chi connectivity index (χ1) is 13.2. The lowest BCUT2D eigenvalue weighted by Crippen LogP contribution is -2.30. The maximum absolute atomic E-state index is 13.0. The molecule has 0 saturated carbocycles. The minimum Gasteiger partial charge on any atom is -0.481 e. The van der Waals surface area contributed by atoms with Crippen molar-refractivity contribution in [3.8, 4) is 0 Å². The van der Waals surface area contributed by atoms with Gasteiger partial charge in [0.15, 0.2) is 0 Å². The van der Waals surface area contributed by atoms with E-state index in [1.807, 2.05) is 48.5 Å². The first-order valence-electron chi connectivity index (χ1n) is 9.63. The highest BCUT2D eigenvalue weighted by Gasteiger charge is 2.40. The van der Waals surface area contributed by atoms with E-state index >= 15 is 0 Å². The fourth-order valence-electron chi connectivity index (χ4n) is 3.75. The molecule has 5 nitrogen and oxygen atoms in total. The van der Waals surface area contributed by atoms with E-state index in [1.54, 1.807) is 24.8 Å². The maximum Gasteiger partial charge on any atom is 0.308 e. The molecule has 1 amide bonds. The monoisotopic (exact) mass is 381 g/mol. The van der Waals surface area contributed by atoms with Gasteiger partial charge < -0.3 is 15.1 Å². The number of carboxylic acid groups (broad SMARTS) is 1. The van der Waals surface area contributed by atoms with Gasteiger partial charge in [0.05, 0.1) is 11.5 Å². The highest BCUT2D eigenvalue weighted by Crippen LogP contribution is 2.33. The third kappa shape index (κ3) is 4.78. The van der Waals surface area contributed by atoms with Crippen LogP contribution in [0, 0.1) is 5.92 Å². The van der Waals surface area contributed by atoms with Gasteiger partial charge in [-0.05, 0) is 49.9 Å². The van der Waals surface area contributed by atoms with Crippen LogP contribution in [0.1, 0.15) is 47.7 Å². The Bertz CT molecular complexity index is 841. The summed E-state index contributed by atoms with van der Waals surface area (Å²) in [5.41, 5.74) is 1.74. The zero-order valence-corrected chi connectivity index (χ0v) is 16.3. The van der Waals surface area contributed by atoms with Crippen molar-refractivity contribution in [2.45, 2.75) is 38.2 Å². The molecule has 1 saturated heterocycles. The van der Waals surface area contributed by atoms with E-state index in [0.717, 1.165) is 11.1 Å². The van der Waals surface area contributed by atoms with Crippen LogP contribution in [0.3, 0.4) is 0 Å². The summed E-state index contributed by atoms with van der Waals surface area (Å²) in [5, 5.41) is 19.6. The van der Waals surface area contributed by atoms with E-state index in [1.165, 1.54) is 0 Å². The molecule has 0 radical (unpaired) electrons. The predicted molar refractivity (Wildman–Crippen MR) is 107 cm³/mol. The molecule has 0 aromatic heterocycles. The van der Waals surface area contributed by atoms with Gasteiger partial charge in [0.1, 0.15) is 0 Å². The SMILES string of the molecule is CC(C)(O)CCc1cccc(C(=O)N2C[C@H](C(=O)O)[C@@H](c3ccccc3)C2)c1. The van der Waals surface area contributed by atoms with Gasteiger partial charge in [0.25, 0.3) is 5.91 Å². The molecule has 0 unspecified atom stereocenters. The summed E-state index contributed by atoms with van der Waals surface area (Å²) in [7, 11) is 0. The second-order valence-electron chi connectivity index (χ2n) is 8.18. The van der Waals surface area contributed by atoms with Gasteiger partial charge in [-0.2, -0.15) is 0 Å². The molecule has 28 heavy (non-hydrogen) atoms. The molecule has 0 spiro atoms. The summed E-state index contributed by atoms with van der Waals surface area (Å²) in [4.78, 5) is 26.4. The van der Waals surface area contributed by atoms with E-state index in [0.29, 0.717) is 24.9 Å². The van der Waals surface area contributed by atoms with Gasteiger partial charge in [-0.1, -0.05) is 42.5 Å². The number of carbonyl (C=O) groups excluding carboxylic acids is 1. The first-order valence-corrected chi connectivity index (χ1v) is 9.63. The topological polar surface area (TPSA) is 77.8 Å². The van der Waals surface area contributed by atoms with E-state index < -0.39 is 17.5 Å². The average Bonchev–Trinajstić information content (AvgIpc) is 3.12. The van der Waals surface area contributed by atoms with Crippen molar-refractivity contribution >= 4 is 11.9 Å². The molecule has 1 heterocycles. The van der Waals surface area contributed by atoms with Crippen LogP contribution in [-0.2, 0) is 11.2 Å². The lowest BCUT2D eigenvalue weighted by Gasteiger charge is -2.18. The van der Waals surface area contributed by atoms with Crippen LogP contribution in [0.15, 0.2) is 54.6 Å². The van der Waals surface area contributed by atoms with Crippen LogP contribution in [0.4, 0.5) is 0 Å². The summed E-state index contributed by atoms with van der Waals surface area (Å²) in [6.45, 7) is 4.14. The summed E-state index contributed by atoms with van der Waals surface area (Å²) < 4.78 is 0. The fourth-order valence-corrected chi connectivity index (χ4v) is 3.75. The average molecular weight is 381 g/mol. The highest BCUT2D eigenvalue weighted by atomic mass is 16.4. The number of hydrogen-bond donors (Lipinski definition) is 2. The number of aryl methyl sites for hydroxylation is 1. The zero-order valence-electron chi connectivity index (χ0n) is 16.3. The minimum absolute atomic E-state index is 0.144. The number of hydrogen-bond acceptors (Lipinski definition) is 3. The number of rotatable bonds is 6. The number of aliphatic carboxylic acids is 1. The van der Waals surface area contributed by atoms with Crippen LogP contribution in [0.5, 0.6) is 0 Å².